The Hall–Kier alpha value is -2.34. The Labute approximate surface area is 119 Å². The molecule has 3 amide bonds. The number of carboxylic acid groups (broad SMARTS) is 1. The van der Waals surface area contributed by atoms with Gasteiger partial charge in [-0.2, -0.15) is 0 Å². The summed E-state index contributed by atoms with van der Waals surface area (Å²) >= 11 is 5.61. The lowest BCUT2D eigenvalue weighted by atomic mass is 10.2. The summed E-state index contributed by atoms with van der Waals surface area (Å²) in [5.41, 5.74) is 0.397. The third kappa shape index (κ3) is 2.65. The fraction of sp³-hybridized carbons (Fsp3) is 0.154. The van der Waals surface area contributed by atoms with Crippen molar-refractivity contribution in [3.63, 3.8) is 0 Å². The Morgan fingerprint density at radius 3 is 2.70 bits per heavy atom. The normalized spacial score (nSPS) is 14.8. The molecule has 104 valence electrons. The van der Waals surface area contributed by atoms with Gasteiger partial charge in [0, 0.05) is 10.7 Å². The number of aromatic carboxylic acids is 1. The number of hydrogen-bond donors (Lipinski definition) is 1. The summed E-state index contributed by atoms with van der Waals surface area (Å²) in [5, 5.41) is 9.10. The number of carboxylic acids is 1. The number of nitrogens with zero attached hydrogens (tertiary/aromatic N) is 2. The number of halogens is 1. The molecule has 0 atom stereocenters. The van der Waals surface area contributed by atoms with Crippen LogP contribution < -0.4 is 4.90 Å². The number of benzene rings is 1. The number of urea groups is 1. The van der Waals surface area contributed by atoms with Gasteiger partial charge in [0.25, 0.3) is 5.91 Å². The van der Waals surface area contributed by atoms with Crippen LogP contribution in [0.3, 0.4) is 0 Å². The zero-order valence-corrected chi connectivity index (χ0v) is 11.1. The molecule has 20 heavy (non-hydrogen) atoms. The van der Waals surface area contributed by atoms with Crippen LogP contribution in [0.5, 0.6) is 0 Å². The van der Waals surface area contributed by atoms with E-state index in [9.17, 15) is 14.4 Å². The molecule has 7 heteroatoms. The average Bonchev–Trinajstić information content (AvgIpc) is 2.66. The van der Waals surface area contributed by atoms with E-state index in [1.165, 1.54) is 23.1 Å². The number of imide groups is 1. The predicted octanol–water partition coefficient (Wildman–Crippen LogP) is 1.91. The van der Waals surface area contributed by atoms with Crippen LogP contribution in [0.25, 0.3) is 0 Å². The van der Waals surface area contributed by atoms with Crippen molar-refractivity contribution < 1.29 is 19.5 Å². The summed E-state index contributed by atoms with van der Waals surface area (Å²) in [4.78, 5) is 37.0. The van der Waals surface area contributed by atoms with E-state index in [0.717, 1.165) is 4.90 Å². The maximum Gasteiger partial charge on any atom is 0.335 e. The van der Waals surface area contributed by atoms with E-state index >= 15 is 0 Å². The van der Waals surface area contributed by atoms with E-state index in [2.05, 4.69) is 6.58 Å². The van der Waals surface area contributed by atoms with E-state index in [-0.39, 0.29) is 23.7 Å². The molecule has 6 nitrogen and oxygen atoms in total. The van der Waals surface area contributed by atoms with E-state index in [4.69, 9.17) is 16.7 Å². The SMILES string of the molecule is C=C(Cl)CN1C(=O)CN(c2cccc(C(=O)O)c2)C1=O. The van der Waals surface area contributed by atoms with Gasteiger partial charge in [0.05, 0.1) is 12.1 Å². The second kappa shape index (κ2) is 5.34. The van der Waals surface area contributed by atoms with Crippen LogP contribution in [0.1, 0.15) is 10.4 Å². The maximum atomic E-state index is 12.1. The first-order valence-electron chi connectivity index (χ1n) is 5.68. The molecule has 1 aromatic carbocycles. The molecule has 0 aliphatic carbocycles. The minimum Gasteiger partial charge on any atom is -0.478 e. The van der Waals surface area contributed by atoms with Gasteiger partial charge in [0.15, 0.2) is 0 Å². The Morgan fingerprint density at radius 1 is 1.40 bits per heavy atom. The maximum absolute atomic E-state index is 12.1. The van der Waals surface area contributed by atoms with Gasteiger partial charge in [-0.1, -0.05) is 24.2 Å². The lowest BCUT2D eigenvalue weighted by Gasteiger charge is -2.17. The van der Waals surface area contributed by atoms with Gasteiger partial charge in [-0.15, -0.1) is 0 Å². The first-order chi connectivity index (χ1) is 9.40. The van der Waals surface area contributed by atoms with Crippen molar-refractivity contribution in [2.45, 2.75) is 0 Å². The molecule has 0 unspecified atom stereocenters. The highest BCUT2D eigenvalue weighted by atomic mass is 35.5. The molecule has 1 saturated heterocycles. The average molecular weight is 295 g/mol. The first kappa shape index (κ1) is 14.1. The van der Waals surface area contributed by atoms with Crippen LogP contribution in [0, 0.1) is 0 Å². The molecule has 1 fully saturated rings. The molecule has 2 rings (SSSR count). The summed E-state index contributed by atoms with van der Waals surface area (Å²) in [7, 11) is 0. The molecule has 1 N–H and O–H groups in total. The summed E-state index contributed by atoms with van der Waals surface area (Å²) in [5.74, 6) is -1.51. The van der Waals surface area contributed by atoms with Crippen molar-refractivity contribution in [2.24, 2.45) is 0 Å². The highest BCUT2D eigenvalue weighted by molar-refractivity contribution is 6.30. The van der Waals surface area contributed by atoms with Crippen molar-refractivity contribution in [3.05, 3.63) is 41.4 Å². The van der Waals surface area contributed by atoms with Crippen molar-refractivity contribution in [3.8, 4) is 0 Å². The monoisotopic (exact) mass is 294 g/mol. The van der Waals surface area contributed by atoms with Crippen LogP contribution >= 0.6 is 11.6 Å². The second-order valence-electron chi connectivity index (χ2n) is 4.22. The van der Waals surface area contributed by atoms with Gasteiger partial charge < -0.3 is 5.11 Å². The topological polar surface area (TPSA) is 77.9 Å². The van der Waals surface area contributed by atoms with Gasteiger partial charge in [0.2, 0.25) is 0 Å². The van der Waals surface area contributed by atoms with Crippen LogP contribution in [-0.4, -0.2) is 41.0 Å². The molecule has 0 saturated carbocycles. The van der Waals surface area contributed by atoms with Gasteiger partial charge in [0.1, 0.15) is 6.54 Å². The quantitative estimate of drug-likeness (QED) is 0.860. The van der Waals surface area contributed by atoms with E-state index < -0.39 is 17.9 Å². The number of carbonyl (C=O) groups is 3. The van der Waals surface area contributed by atoms with Gasteiger partial charge in [-0.25, -0.2) is 9.59 Å². The number of carbonyl (C=O) groups excluding carboxylic acids is 2. The van der Waals surface area contributed by atoms with Crippen molar-refractivity contribution in [1.29, 1.82) is 0 Å². The Kier molecular flexibility index (Phi) is 3.76. The zero-order chi connectivity index (χ0) is 14.9. The molecule has 0 radical (unpaired) electrons. The van der Waals surface area contributed by atoms with Crippen LogP contribution in [0.2, 0.25) is 0 Å². The second-order valence-corrected chi connectivity index (χ2v) is 4.76. The molecule has 0 aromatic heterocycles. The first-order valence-corrected chi connectivity index (χ1v) is 6.06. The molecule has 1 heterocycles. The summed E-state index contributed by atoms with van der Waals surface area (Å²) in [6.45, 7) is 3.24. The highest BCUT2D eigenvalue weighted by Crippen LogP contribution is 2.23. The van der Waals surface area contributed by atoms with Gasteiger partial charge in [-0.3, -0.25) is 14.6 Å². The summed E-state index contributed by atoms with van der Waals surface area (Å²) in [6.07, 6.45) is 0. The van der Waals surface area contributed by atoms with Crippen LogP contribution in [0.15, 0.2) is 35.9 Å². The third-order valence-electron chi connectivity index (χ3n) is 2.79. The largest absolute Gasteiger partial charge is 0.478 e. The Morgan fingerprint density at radius 2 is 2.10 bits per heavy atom. The summed E-state index contributed by atoms with van der Waals surface area (Å²) in [6, 6.07) is 5.29. The van der Waals surface area contributed by atoms with E-state index in [0.29, 0.717) is 5.69 Å². The number of anilines is 1. The summed E-state index contributed by atoms with van der Waals surface area (Å²) < 4.78 is 0. The van der Waals surface area contributed by atoms with Crippen molar-refractivity contribution in [2.75, 3.05) is 18.0 Å². The highest BCUT2D eigenvalue weighted by Gasteiger charge is 2.37. The van der Waals surface area contributed by atoms with Crippen LogP contribution in [0.4, 0.5) is 10.5 Å². The zero-order valence-electron chi connectivity index (χ0n) is 10.4. The molecular formula is C13H11ClN2O4. The fourth-order valence-corrected chi connectivity index (χ4v) is 2.00. The predicted molar refractivity (Wildman–Crippen MR) is 72.8 cm³/mol. The molecule has 0 spiro atoms. The van der Waals surface area contributed by atoms with E-state index in [1.54, 1.807) is 6.07 Å². The number of rotatable bonds is 4. The van der Waals surface area contributed by atoms with Crippen molar-refractivity contribution >= 4 is 35.2 Å². The standard InChI is InChI=1S/C13H11ClN2O4/c1-8(14)6-16-11(17)7-15(13(16)20)10-4-2-3-9(5-10)12(18)19/h2-5H,1,6-7H2,(H,18,19). The van der Waals surface area contributed by atoms with Gasteiger partial charge in [-0.05, 0) is 18.2 Å². The third-order valence-corrected chi connectivity index (χ3v) is 2.91. The van der Waals surface area contributed by atoms with Gasteiger partial charge >= 0.3 is 12.0 Å². The van der Waals surface area contributed by atoms with E-state index in [1.807, 2.05) is 0 Å². The van der Waals surface area contributed by atoms with Crippen LogP contribution in [-0.2, 0) is 4.79 Å². The number of hydrogen-bond acceptors (Lipinski definition) is 3. The molecule has 1 aromatic rings. The Balaban J connectivity index is 2.28. The lowest BCUT2D eigenvalue weighted by Crippen LogP contribution is -2.33. The molecule has 1 aliphatic rings. The lowest BCUT2D eigenvalue weighted by molar-refractivity contribution is -0.124. The molecular weight excluding hydrogens is 284 g/mol. The minimum absolute atomic E-state index is 0.0444. The molecule has 1 aliphatic heterocycles. The number of amides is 3. The minimum atomic E-state index is -1.10. The smallest absolute Gasteiger partial charge is 0.335 e. The Bertz CT molecular complexity index is 614. The van der Waals surface area contributed by atoms with Crippen molar-refractivity contribution in [1.82, 2.24) is 4.90 Å². The molecule has 0 bridgehead atoms. The fourth-order valence-electron chi connectivity index (χ4n) is 1.88.